The highest BCUT2D eigenvalue weighted by Crippen LogP contribution is 2.08. The van der Waals surface area contributed by atoms with Gasteiger partial charge in [-0.1, -0.05) is 5.92 Å². The molecule has 0 aromatic heterocycles. The van der Waals surface area contributed by atoms with Crippen molar-refractivity contribution in [2.75, 3.05) is 26.7 Å². The van der Waals surface area contributed by atoms with Crippen LogP contribution in [0.4, 0.5) is 0 Å². The number of piperazine rings is 1. The van der Waals surface area contributed by atoms with Crippen molar-refractivity contribution in [1.82, 2.24) is 10.2 Å². The summed E-state index contributed by atoms with van der Waals surface area (Å²) >= 11 is 0. The van der Waals surface area contributed by atoms with Crippen LogP contribution in [0.25, 0.3) is 0 Å². The standard InChI is InChI=1S/C10H14N2O3/c1-3-5-12-6-4-11-10(14)8(12)7-9(13)15-2/h1,8H,4-7H2,2H3,(H,11,14)/t8-/m0/s1. The van der Waals surface area contributed by atoms with Gasteiger partial charge in [-0.3, -0.25) is 14.5 Å². The van der Waals surface area contributed by atoms with E-state index in [9.17, 15) is 9.59 Å². The van der Waals surface area contributed by atoms with Gasteiger partial charge in [-0.25, -0.2) is 0 Å². The molecule has 5 nitrogen and oxygen atoms in total. The number of terminal acetylenes is 1. The molecule has 0 aromatic rings. The van der Waals surface area contributed by atoms with Gasteiger partial charge in [-0.05, 0) is 0 Å². The zero-order valence-corrected chi connectivity index (χ0v) is 8.66. The third-order valence-corrected chi connectivity index (χ3v) is 2.32. The molecule has 1 aliphatic rings. The molecule has 0 unspecified atom stereocenters. The van der Waals surface area contributed by atoms with E-state index in [4.69, 9.17) is 6.42 Å². The van der Waals surface area contributed by atoms with E-state index >= 15 is 0 Å². The molecular formula is C10H14N2O3. The van der Waals surface area contributed by atoms with Crippen LogP contribution in [0.3, 0.4) is 0 Å². The third-order valence-electron chi connectivity index (χ3n) is 2.32. The van der Waals surface area contributed by atoms with E-state index < -0.39 is 12.0 Å². The van der Waals surface area contributed by atoms with Crippen molar-refractivity contribution in [3.05, 3.63) is 0 Å². The fourth-order valence-corrected chi connectivity index (χ4v) is 1.53. The van der Waals surface area contributed by atoms with Crippen LogP contribution in [-0.4, -0.2) is 49.6 Å². The zero-order chi connectivity index (χ0) is 11.3. The minimum atomic E-state index is -0.498. The molecule has 0 bridgehead atoms. The molecular weight excluding hydrogens is 196 g/mol. The summed E-state index contributed by atoms with van der Waals surface area (Å²) in [4.78, 5) is 24.4. The zero-order valence-electron chi connectivity index (χ0n) is 8.66. The molecule has 1 amide bonds. The number of amides is 1. The molecule has 0 spiro atoms. The Balaban J connectivity index is 2.64. The number of esters is 1. The molecule has 0 aromatic carbocycles. The largest absolute Gasteiger partial charge is 0.469 e. The van der Waals surface area contributed by atoms with E-state index in [1.165, 1.54) is 7.11 Å². The second kappa shape index (κ2) is 5.37. The lowest BCUT2D eigenvalue weighted by molar-refractivity contribution is -0.145. The van der Waals surface area contributed by atoms with Crippen LogP contribution in [0, 0.1) is 12.3 Å². The maximum absolute atomic E-state index is 11.5. The first-order valence-corrected chi connectivity index (χ1v) is 4.71. The number of carbonyl (C=O) groups excluding carboxylic acids is 2. The lowest BCUT2D eigenvalue weighted by Gasteiger charge is -2.32. The minimum absolute atomic E-state index is 0.0456. The first-order valence-electron chi connectivity index (χ1n) is 4.71. The molecule has 82 valence electrons. The van der Waals surface area contributed by atoms with Crippen LogP contribution in [0.5, 0.6) is 0 Å². The highest BCUT2D eigenvalue weighted by atomic mass is 16.5. The summed E-state index contributed by atoms with van der Waals surface area (Å²) in [6.45, 7) is 1.60. The van der Waals surface area contributed by atoms with Crippen molar-refractivity contribution >= 4 is 11.9 Å². The monoisotopic (exact) mass is 210 g/mol. The number of rotatable bonds is 3. The predicted molar refractivity (Wildman–Crippen MR) is 53.8 cm³/mol. The molecule has 1 atom stereocenters. The molecule has 0 radical (unpaired) electrons. The smallest absolute Gasteiger partial charge is 0.307 e. The first-order chi connectivity index (χ1) is 7.19. The molecule has 0 saturated carbocycles. The summed E-state index contributed by atoms with van der Waals surface area (Å²) in [5, 5.41) is 2.69. The molecule has 1 N–H and O–H groups in total. The van der Waals surface area contributed by atoms with Gasteiger partial charge in [0.1, 0.15) is 6.04 Å². The van der Waals surface area contributed by atoms with Crippen molar-refractivity contribution in [2.45, 2.75) is 12.5 Å². The summed E-state index contributed by atoms with van der Waals surface area (Å²) in [7, 11) is 1.30. The summed E-state index contributed by atoms with van der Waals surface area (Å²) in [6.07, 6.45) is 5.24. The van der Waals surface area contributed by atoms with Crippen molar-refractivity contribution < 1.29 is 14.3 Å². The number of hydrogen-bond donors (Lipinski definition) is 1. The van der Waals surface area contributed by atoms with Gasteiger partial charge in [0.05, 0.1) is 20.1 Å². The van der Waals surface area contributed by atoms with Crippen molar-refractivity contribution in [3.63, 3.8) is 0 Å². The van der Waals surface area contributed by atoms with Gasteiger partial charge in [-0.15, -0.1) is 6.42 Å². The molecule has 5 heteroatoms. The van der Waals surface area contributed by atoms with Gasteiger partial charge >= 0.3 is 5.97 Å². The molecule has 15 heavy (non-hydrogen) atoms. The van der Waals surface area contributed by atoms with Gasteiger partial charge in [-0.2, -0.15) is 0 Å². The average molecular weight is 210 g/mol. The van der Waals surface area contributed by atoms with E-state index in [1.807, 2.05) is 0 Å². The van der Waals surface area contributed by atoms with Crippen molar-refractivity contribution in [2.24, 2.45) is 0 Å². The second-order valence-electron chi connectivity index (χ2n) is 3.26. The minimum Gasteiger partial charge on any atom is -0.469 e. The molecule has 1 aliphatic heterocycles. The average Bonchev–Trinajstić information content (AvgIpc) is 2.23. The number of methoxy groups -OCH3 is 1. The Kier molecular flexibility index (Phi) is 4.13. The molecule has 1 rings (SSSR count). The van der Waals surface area contributed by atoms with Crippen LogP contribution < -0.4 is 5.32 Å². The molecule has 1 fully saturated rings. The highest BCUT2D eigenvalue weighted by molar-refractivity contribution is 5.87. The Morgan fingerprint density at radius 2 is 2.53 bits per heavy atom. The normalized spacial score (nSPS) is 21.6. The van der Waals surface area contributed by atoms with Crippen LogP contribution in [0.15, 0.2) is 0 Å². The summed E-state index contributed by atoms with van der Waals surface area (Å²) in [5.74, 6) is 1.90. The van der Waals surface area contributed by atoms with E-state index in [1.54, 1.807) is 4.90 Å². The SMILES string of the molecule is C#CCN1CCNC(=O)[C@@H]1CC(=O)OC. The fraction of sp³-hybridized carbons (Fsp3) is 0.600. The number of hydrogen-bond acceptors (Lipinski definition) is 4. The second-order valence-corrected chi connectivity index (χ2v) is 3.26. The van der Waals surface area contributed by atoms with Gasteiger partial charge in [0.15, 0.2) is 0 Å². The van der Waals surface area contributed by atoms with E-state index in [-0.39, 0.29) is 12.3 Å². The highest BCUT2D eigenvalue weighted by Gasteiger charge is 2.31. The Labute approximate surface area is 88.8 Å². The maximum Gasteiger partial charge on any atom is 0.307 e. The topological polar surface area (TPSA) is 58.6 Å². The fourth-order valence-electron chi connectivity index (χ4n) is 1.53. The first kappa shape index (κ1) is 11.5. The summed E-state index contributed by atoms with van der Waals surface area (Å²) in [5.41, 5.74) is 0. The summed E-state index contributed by atoms with van der Waals surface area (Å²) in [6, 6.07) is -0.498. The quantitative estimate of drug-likeness (QED) is 0.478. The van der Waals surface area contributed by atoms with Crippen LogP contribution in [0.1, 0.15) is 6.42 Å². The van der Waals surface area contributed by atoms with Gasteiger partial charge in [0, 0.05) is 13.1 Å². The number of carbonyl (C=O) groups is 2. The van der Waals surface area contributed by atoms with E-state index in [0.29, 0.717) is 19.6 Å². The van der Waals surface area contributed by atoms with Crippen molar-refractivity contribution in [3.8, 4) is 12.3 Å². The number of ether oxygens (including phenoxy) is 1. The Bertz CT molecular complexity index is 296. The lowest BCUT2D eigenvalue weighted by Crippen LogP contribution is -2.55. The van der Waals surface area contributed by atoms with Crippen molar-refractivity contribution in [1.29, 1.82) is 0 Å². The Morgan fingerprint density at radius 3 is 3.13 bits per heavy atom. The van der Waals surface area contributed by atoms with Gasteiger partial charge < -0.3 is 10.1 Å². The van der Waals surface area contributed by atoms with Crippen LogP contribution >= 0.6 is 0 Å². The van der Waals surface area contributed by atoms with E-state index in [0.717, 1.165) is 0 Å². The van der Waals surface area contributed by atoms with Crippen LogP contribution in [0.2, 0.25) is 0 Å². The van der Waals surface area contributed by atoms with Gasteiger partial charge in [0.2, 0.25) is 5.91 Å². The molecule has 1 heterocycles. The Morgan fingerprint density at radius 1 is 1.80 bits per heavy atom. The lowest BCUT2D eigenvalue weighted by atomic mass is 10.1. The van der Waals surface area contributed by atoms with E-state index in [2.05, 4.69) is 16.0 Å². The molecule has 0 aliphatic carbocycles. The van der Waals surface area contributed by atoms with Gasteiger partial charge in [0.25, 0.3) is 0 Å². The third kappa shape index (κ3) is 2.96. The van der Waals surface area contributed by atoms with Crippen LogP contribution in [-0.2, 0) is 14.3 Å². The molecule has 1 saturated heterocycles. The number of nitrogens with zero attached hydrogens (tertiary/aromatic N) is 1. The Hall–Kier alpha value is -1.54. The summed E-state index contributed by atoms with van der Waals surface area (Å²) < 4.78 is 4.53. The predicted octanol–water partition coefficient (Wildman–Crippen LogP) is -1.02. The number of nitrogens with one attached hydrogen (secondary N) is 1. The maximum atomic E-state index is 11.5.